The van der Waals surface area contributed by atoms with Crippen LogP contribution in [0.1, 0.15) is 24.8 Å². The molecular weight excluding hydrogens is 607 g/mol. The van der Waals surface area contributed by atoms with Crippen molar-refractivity contribution < 1.29 is 31.5 Å². The molecule has 1 aliphatic carbocycles. The number of thiazole rings is 1. The van der Waals surface area contributed by atoms with Crippen molar-refractivity contribution in [2.24, 2.45) is 5.41 Å². The number of alkyl halides is 3. The Bertz CT molecular complexity index is 1940. The third kappa shape index (κ3) is 4.31. The average molecular weight is 633 g/mol. The lowest BCUT2D eigenvalue weighted by atomic mass is 9.69. The van der Waals surface area contributed by atoms with E-state index in [-0.39, 0.29) is 83.1 Å². The van der Waals surface area contributed by atoms with Gasteiger partial charge in [-0.25, -0.2) is 18.6 Å². The second-order valence-electron chi connectivity index (χ2n) is 11.4. The zero-order chi connectivity index (χ0) is 31.1. The number of halogens is 5. The van der Waals surface area contributed by atoms with E-state index in [0.717, 1.165) is 12.5 Å². The smallest absolute Gasteiger partial charge is 0.417 e. The normalized spacial score (nSPS) is 17.9. The Morgan fingerprint density at radius 1 is 1.09 bits per heavy atom. The number of benzene rings is 2. The van der Waals surface area contributed by atoms with E-state index in [0.29, 0.717) is 30.2 Å². The van der Waals surface area contributed by atoms with E-state index in [9.17, 15) is 14.0 Å². The minimum Gasteiger partial charge on any atom is -0.490 e. The summed E-state index contributed by atoms with van der Waals surface area (Å²) in [5.41, 5.74) is 1.71. The Balaban J connectivity index is 1.55. The summed E-state index contributed by atoms with van der Waals surface area (Å²) in [4.78, 5) is 37.3. The zero-order valence-electron chi connectivity index (χ0n) is 23.1. The molecule has 15 heteroatoms. The number of carbonyl (C=O) groups is 1. The molecule has 2 aliphatic heterocycles. The summed E-state index contributed by atoms with van der Waals surface area (Å²) in [6.07, 6.45) is -1.66. The van der Waals surface area contributed by atoms with Crippen LogP contribution in [-0.2, 0) is 17.5 Å². The molecule has 230 valence electrons. The molecule has 1 amide bonds. The lowest BCUT2D eigenvalue weighted by molar-refractivity contribution is -0.137. The topological polar surface area (TPSA) is 107 Å². The van der Waals surface area contributed by atoms with Gasteiger partial charge in [0.25, 0.3) is 0 Å². The minimum absolute atomic E-state index is 0.000962. The molecule has 9 nitrogen and oxygen atoms in total. The Hall–Kier alpha value is -4.27. The van der Waals surface area contributed by atoms with Gasteiger partial charge in [-0.2, -0.15) is 18.2 Å². The molecule has 4 aromatic rings. The zero-order valence-corrected chi connectivity index (χ0v) is 24.0. The largest absolute Gasteiger partial charge is 0.490 e. The van der Waals surface area contributed by atoms with E-state index in [1.807, 2.05) is 0 Å². The highest BCUT2D eigenvalue weighted by Gasteiger charge is 2.45. The van der Waals surface area contributed by atoms with E-state index >= 15 is 17.6 Å². The first kappa shape index (κ1) is 28.5. The molecule has 44 heavy (non-hydrogen) atoms. The lowest BCUT2D eigenvalue weighted by Gasteiger charge is -2.40. The number of hydrogen-bond acceptors (Lipinski definition) is 8. The van der Waals surface area contributed by atoms with Gasteiger partial charge in [0, 0.05) is 60.7 Å². The van der Waals surface area contributed by atoms with Gasteiger partial charge in [-0.15, -0.1) is 0 Å². The molecule has 0 unspecified atom stereocenters. The maximum Gasteiger partial charge on any atom is 0.417 e. The molecule has 1 saturated carbocycles. The number of anilines is 2. The molecule has 2 aromatic heterocycles. The summed E-state index contributed by atoms with van der Waals surface area (Å²) in [5.74, 6) is -2.93. The van der Waals surface area contributed by atoms with Crippen LogP contribution in [0.2, 0.25) is 0 Å². The summed E-state index contributed by atoms with van der Waals surface area (Å²) in [6.45, 7) is 4.49. The number of ether oxygens (including phenoxy) is 1. The van der Waals surface area contributed by atoms with E-state index in [2.05, 4.69) is 16.5 Å². The molecule has 4 heterocycles. The van der Waals surface area contributed by atoms with Gasteiger partial charge in [0.15, 0.2) is 10.9 Å². The summed E-state index contributed by atoms with van der Waals surface area (Å²) in [5, 5.41) is -0.162. The van der Waals surface area contributed by atoms with Crippen LogP contribution in [0.3, 0.4) is 0 Å². The van der Waals surface area contributed by atoms with Gasteiger partial charge in [0.2, 0.25) is 5.91 Å². The molecule has 0 bridgehead atoms. The van der Waals surface area contributed by atoms with Crippen molar-refractivity contribution in [3.05, 3.63) is 52.5 Å². The standard InChI is InChI=1S/C29H25F5N6O3S/c1-2-18(41)38-6-8-39(9-7-38)25-14-10-15(29(32,33)34)19(20-16(30)11-17(31)24-21(20)36-26(35)44-24)23-22(14)40(27(42)37-25)12-28(13-43-23)4-3-5-28/h2,10-11H,1,3-9,12-13H2,(H2,35,36). The summed E-state index contributed by atoms with van der Waals surface area (Å²) < 4.78 is 82.9. The van der Waals surface area contributed by atoms with Crippen LogP contribution in [0.5, 0.6) is 5.75 Å². The van der Waals surface area contributed by atoms with E-state index in [1.54, 1.807) is 4.90 Å². The van der Waals surface area contributed by atoms with Gasteiger partial charge >= 0.3 is 11.9 Å². The molecule has 2 fully saturated rings. The highest BCUT2D eigenvalue weighted by Crippen LogP contribution is 2.53. The number of nitrogens with zero attached hydrogens (tertiary/aromatic N) is 5. The van der Waals surface area contributed by atoms with Crippen LogP contribution in [0.25, 0.3) is 32.2 Å². The minimum atomic E-state index is -5.04. The molecule has 1 spiro atoms. The first-order chi connectivity index (χ1) is 20.9. The summed E-state index contributed by atoms with van der Waals surface area (Å²) in [7, 11) is 0. The van der Waals surface area contributed by atoms with Gasteiger partial charge in [0.1, 0.15) is 17.5 Å². The van der Waals surface area contributed by atoms with E-state index < -0.39 is 45.6 Å². The molecular formula is C29H25F5N6O3S. The van der Waals surface area contributed by atoms with Crippen molar-refractivity contribution in [3.63, 3.8) is 0 Å². The first-order valence-electron chi connectivity index (χ1n) is 13.9. The van der Waals surface area contributed by atoms with Crippen molar-refractivity contribution >= 4 is 49.3 Å². The van der Waals surface area contributed by atoms with Crippen molar-refractivity contribution in [2.75, 3.05) is 43.4 Å². The van der Waals surface area contributed by atoms with Gasteiger partial charge in [-0.05, 0) is 25.0 Å². The quantitative estimate of drug-likeness (QED) is 0.252. The molecule has 3 aliphatic rings. The van der Waals surface area contributed by atoms with Crippen LogP contribution >= 0.6 is 11.3 Å². The van der Waals surface area contributed by atoms with Gasteiger partial charge < -0.3 is 20.3 Å². The Morgan fingerprint density at radius 3 is 2.45 bits per heavy atom. The number of fused-ring (bicyclic) bond motifs is 1. The third-order valence-electron chi connectivity index (χ3n) is 8.84. The fraction of sp³-hybridized carbons (Fsp3) is 0.379. The van der Waals surface area contributed by atoms with Crippen LogP contribution in [0.4, 0.5) is 32.9 Å². The number of carbonyl (C=O) groups excluding carboxylic acids is 1. The van der Waals surface area contributed by atoms with Crippen molar-refractivity contribution in [3.8, 4) is 16.9 Å². The molecule has 1 saturated heterocycles. The second-order valence-corrected chi connectivity index (χ2v) is 12.5. The van der Waals surface area contributed by atoms with Crippen molar-refractivity contribution in [1.82, 2.24) is 19.4 Å². The summed E-state index contributed by atoms with van der Waals surface area (Å²) in [6, 6.07) is 1.35. The van der Waals surface area contributed by atoms with E-state index in [4.69, 9.17) is 10.5 Å². The van der Waals surface area contributed by atoms with Gasteiger partial charge in [-0.1, -0.05) is 24.3 Å². The van der Waals surface area contributed by atoms with Crippen molar-refractivity contribution in [1.29, 1.82) is 0 Å². The number of hydrogen-bond donors (Lipinski definition) is 1. The number of rotatable bonds is 3. The van der Waals surface area contributed by atoms with Gasteiger partial charge in [-0.3, -0.25) is 9.36 Å². The first-order valence-corrected chi connectivity index (χ1v) is 14.7. The SMILES string of the molecule is C=CC(=O)N1CCN(c2nc(=O)n3c4c(c(-c5c(F)cc(F)c6sc(N)nc56)c(C(F)(F)F)cc24)OCC2(CCC2)C3)CC1. The van der Waals surface area contributed by atoms with Crippen LogP contribution in [-0.4, -0.2) is 58.1 Å². The number of nitrogens with two attached hydrogens (primary N) is 1. The predicted octanol–water partition coefficient (Wildman–Crippen LogP) is 4.95. The molecule has 0 radical (unpaired) electrons. The number of aromatic nitrogens is 3. The Morgan fingerprint density at radius 2 is 1.82 bits per heavy atom. The molecule has 7 rings (SSSR count). The third-order valence-corrected chi connectivity index (χ3v) is 9.73. The second kappa shape index (κ2) is 9.87. The van der Waals surface area contributed by atoms with Crippen LogP contribution in [0.15, 0.2) is 29.6 Å². The van der Waals surface area contributed by atoms with Crippen LogP contribution in [0, 0.1) is 17.0 Å². The van der Waals surface area contributed by atoms with Crippen LogP contribution < -0.4 is 21.1 Å². The molecule has 2 N–H and O–H groups in total. The number of nitrogen functional groups attached to an aromatic ring is 1. The maximum atomic E-state index is 15.7. The fourth-order valence-electron chi connectivity index (χ4n) is 6.51. The number of amides is 1. The fourth-order valence-corrected chi connectivity index (χ4v) is 7.26. The number of piperazine rings is 1. The van der Waals surface area contributed by atoms with E-state index in [1.165, 1.54) is 15.5 Å². The maximum absolute atomic E-state index is 15.7. The Kier molecular flexibility index (Phi) is 6.39. The molecule has 0 atom stereocenters. The lowest BCUT2D eigenvalue weighted by Crippen LogP contribution is -2.49. The van der Waals surface area contributed by atoms with Gasteiger partial charge in [0.05, 0.1) is 27.9 Å². The average Bonchev–Trinajstić information content (AvgIpc) is 3.25. The monoisotopic (exact) mass is 632 g/mol. The highest BCUT2D eigenvalue weighted by atomic mass is 32.1. The van der Waals surface area contributed by atoms with Crippen molar-refractivity contribution in [2.45, 2.75) is 32.0 Å². The predicted molar refractivity (Wildman–Crippen MR) is 155 cm³/mol. The highest BCUT2D eigenvalue weighted by molar-refractivity contribution is 7.22. The Labute approximate surface area is 250 Å². The molecule has 2 aromatic carbocycles. The summed E-state index contributed by atoms with van der Waals surface area (Å²) >= 11 is 0.685.